The van der Waals surface area contributed by atoms with Crippen LogP contribution in [-0.4, -0.2) is 0 Å². The van der Waals surface area contributed by atoms with Gasteiger partial charge in [-0.3, -0.25) is 0 Å². The molecule has 1 nitrogen and oxygen atoms in total. The van der Waals surface area contributed by atoms with Gasteiger partial charge in [-0.15, -0.1) is 0 Å². The molecule has 76 valence electrons. The summed E-state index contributed by atoms with van der Waals surface area (Å²) in [6.45, 7) is 4.19. The smallest absolute Gasteiger partial charge is 0.0376 e. The molecule has 0 aliphatic carbocycles. The van der Waals surface area contributed by atoms with E-state index in [0.29, 0.717) is 0 Å². The third kappa shape index (κ3) is 2.55. The first-order valence-electron chi connectivity index (χ1n) is 4.84. The lowest BCUT2D eigenvalue weighted by Crippen LogP contribution is -1.99. The number of allylic oxidation sites excluding steroid dienone is 1. The van der Waals surface area contributed by atoms with E-state index in [2.05, 4.69) is 50.7 Å². The Balaban J connectivity index is 2.98. The van der Waals surface area contributed by atoms with Gasteiger partial charge in [-0.25, -0.2) is 0 Å². The molecular formula is C12H17NS. The average molecular weight is 207 g/mol. The van der Waals surface area contributed by atoms with Gasteiger partial charge in [0.05, 0.1) is 0 Å². The highest BCUT2D eigenvalue weighted by molar-refractivity contribution is 7.79. The normalized spacial score (nSPS) is 12.5. The molecule has 0 radical (unpaired) electrons. The molecule has 2 heteroatoms. The number of hydrogen-bond acceptors (Lipinski definition) is 2. The zero-order valence-electron chi connectivity index (χ0n) is 8.75. The molecule has 2 N–H and O–H groups in total. The number of hydrogen-bond donors (Lipinski definition) is 2. The minimum absolute atomic E-state index is 0.774. The maximum absolute atomic E-state index is 6.00. The molecule has 0 saturated heterocycles. The van der Waals surface area contributed by atoms with Gasteiger partial charge in [0.2, 0.25) is 0 Å². The van der Waals surface area contributed by atoms with Crippen LogP contribution in [0.3, 0.4) is 0 Å². The summed E-state index contributed by atoms with van der Waals surface area (Å²) < 4.78 is 0. The van der Waals surface area contributed by atoms with Crippen LogP contribution in [0.4, 0.5) is 0 Å². The predicted octanol–water partition coefficient (Wildman–Crippen LogP) is 3.22. The fourth-order valence-corrected chi connectivity index (χ4v) is 1.44. The first-order chi connectivity index (χ1) is 6.69. The van der Waals surface area contributed by atoms with E-state index in [1.54, 1.807) is 0 Å². The Kier molecular flexibility index (Phi) is 4.08. The Hall–Kier alpha value is -0.890. The van der Waals surface area contributed by atoms with Crippen molar-refractivity contribution < 1.29 is 0 Å². The summed E-state index contributed by atoms with van der Waals surface area (Å²) in [4.78, 5) is 0. The minimum atomic E-state index is 0.774. The SMILES string of the molecule is CC/C(C)=C(\N)c1ccc(CS)cc1. The van der Waals surface area contributed by atoms with Gasteiger partial charge in [0.25, 0.3) is 0 Å². The van der Waals surface area contributed by atoms with E-state index in [4.69, 9.17) is 5.73 Å². The van der Waals surface area contributed by atoms with Crippen molar-refractivity contribution in [3.05, 3.63) is 41.0 Å². The van der Waals surface area contributed by atoms with Crippen LogP contribution in [-0.2, 0) is 5.75 Å². The van der Waals surface area contributed by atoms with Crippen LogP contribution >= 0.6 is 12.6 Å². The third-order valence-electron chi connectivity index (χ3n) is 2.44. The Morgan fingerprint density at radius 1 is 1.29 bits per heavy atom. The molecule has 0 amide bonds. The summed E-state index contributed by atoms with van der Waals surface area (Å²) in [6, 6.07) is 8.25. The second-order valence-corrected chi connectivity index (χ2v) is 3.72. The molecule has 1 aromatic carbocycles. The molecule has 0 heterocycles. The van der Waals surface area contributed by atoms with Crippen LogP contribution in [0, 0.1) is 0 Å². The van der Waals surface area contributed by atoms with Crippen molar-refractivity contribution in [3.8, 4) is 0 Å². The molecule has 0 aromatic heterocycles. The Labute approximate surface area is 91.4 Å². The van der Waals surface area contributed by atoms with Crippen LogP contribution in [0.2, 0.25) is 0 Å². The average Bonchev–Trinajstić information content (AvgIpc) is 2.27. The minimum Gasteiger partial charge on any atom is -0.398 e. The van der Waals surface area contributed by atoms with Crippen molar-refractivity contribution in [2.24, 2.45) is 5.73 Å². The predicted molar refractivity (Wildman–Crippen MR) is 66.2 cm³/mol. The van der Waals surface area contributed by atoms with Crippen LogP contribution in [0.5, 0.6) is 0 Å². The maximum atomic E-state index is 6.00. The van der Waals surface area contributed by atoms with Crippen molar-refractivity contribution in [3.63, 3.8) is 0 Å². The van der Waals surface area contributed by atoms with E-state index in [1.165, 1.54) is 11.1 Å². The largest absolute Gasteiger partial charge is 0.398 e. The molecular weight excluding hydrogens is 190 g/mol. The van der Waals surface area contributed by atoms with Crippen LogP contribution < -0.4 is 5.73 Å². The van der Waals surface area contributed by atoms with E-state index in [0.717, 1.165) is 23.4 Å². The van der Waals surface area contributed by atoms with Gasteiger partial charge in [0, 0.05) is 11.4 Å². The summed E-state index contributed by atoms with van der Waals surface area (Å²) in [5.74, 6) is 0.774. The highest BCUT2D eigenvalue weighted by Gasteiger charge is 1.99. The van der Waals surface area contributed by atoms with Gasteiger partial charge in [-0.05, 0) is 24.5 Å². The standard InChI is InChI=1S/C12H17NS/c1-3-9(2)12(13)11-6-4-10(8-14)5-7-11/h4-7,14H,3,8,13H2,1-2H3/b12-9-. The lowest BCUT2D eigenvalue weighted by Gasteiger charge is -2.06. The molecule has 0 unspecified atom stereocenters. The molecule has 0 saturated carbocycles. The van der Waals surface area contributed by atoms with E-state index >= 15 is 0 Å². The number of nitrogens with two attached hydrogens (primary N) is 1. The fourth-order valence-electron chi connectivity index (χ4n) is 1.23. The van der Waals surface area contributed by atoms with Crippen molar-refractivity contribution in [2.45, 2.75) is 26.0 Å². The number of thiol groups is 1. The first-order valence-corrected chi connectivity index (χ1v) is 5.47. The maximum Gasteiger partial charge on any atom is 0.0376 e. The summed E-state index contributed by atoms with van der Waals surface area (Å²) in [5.41, 5.74) is 10.5. The lowest BCUT2D eigenvalue weighted by atomic mass is 10.1. The third-order valence-corrected chi connectivity index (χ3v) is 2.80. The summed E-state index contributed by atoms with van der Waals surface area (Å²) in [6.07, 6.45) is 1.00. The van der Waals surface area contributed by atoms with E-state index in [1.807, 2.05) is 0 Å². The Morgan fingerprint density at radius 3 is 2.29 bits per heavy atom. The van der Waals surface area contributed by atoms with Crippen molar-refractivity contribution in [1.82, 2.24) is 0 Å². The molecule has 0 aliphatic heterocycles. The van der Waals surface area contributed by atoms with Crippen LogP contribution in [0.15, 0.2) is 29.8 Å². The summed E-state index contributed by atoms with van der Waals surface area (Å²) in [7, 11) is 0. The highest BCUT2D eigenvalue weighted by Crippen LogP contribution is 2.16. The van der Waals surface area contributed by atoms with Gasteiger partial charge in [0.15, 0.2) is 0 Å². The van der Waals surface area contributed by atoms with Gasteiger partial charge < -0.3 is 5.73 Å². The van der Waals surface area contributed by atoms with E-state index in [9.17, 15) is 0 Å². The van der Waals surface area contributed by atoms with Gasteiger partial charge in [-0.2, -0.15) is 12.6 Å². The highest BCUT2D eigenvalue weighted by atomic mass is 32.1. The van der Waals surface area contributed by atoms with E-state index in [-0.39, 0.29) is 0 Å². The summed E-state index contributed by atoms with van der Waals surface area (Å²) in [5, 5.41) is 0. The van der Waals surface area contributed by atoms with Crippen LogP contribution in [0.1, 0.15) is 31.4 Å². The molecule has 0 spiro atoms. The van der Waals surface area contributed by atoms with E-state index < -0.39 is 0 Å². The monoisotopic (exact) mass is 207 g/mol. The topological polar surface area (TPSA) is 26.0 Å². The Bertz CT molecular complexity index is 325. The molecule has 1 rings (SSSR count). The molecule has 0 fully saturated rings. The molecule has 0 bridgehead atoms. The van der Waals surface area contributed by atoms with Crippen molar-refractivity contribution in [1.29, 1.82) is 0 Å². The molecule has 0 aliphatic rings. The van der Waals surface area contributed by atoms with Gasteiger partial charge >= 0.3 is 0 Å². The lowest BCUT2D eigenvalue weighted by molar-refractivity contribution is 1.09. The Morgan fingerprint density at radius 2 is 1.86 bits per heavy atom. The molecule has 1 aromatic rings. The van der Waals surface area contributed by atoms with Gasteiger partial charge in [0.1, 0.15) is 0 Å². The van der Waals surface area contributed by atoms with Gasteiger partial charge in [-0.1, -0.05) is 36.8 Å². The zero-order valence-corrected chi connectivity index (χ0v) is 9.64. The van der Waals surface area contributed by atoms with Crippen LogP contribution in [0.25, 0.3) is 5.70 Å². The van der Waals surface area contributed by atoms with Crippen molar-refractivity contribution in [2.75, 3.05) is 0 Å². The second kappa shape index (κ2) is 5.11. The molecule has 0 atom stereocenters. The number of rotatable bonds is 3. The number of benzene rings is 1. The molecule has 14 heavy (non-hydrogen) atoms. The fraction of sp³-hybridized carbons (Fsp3) is 0.333. The second-order valence-electron chi connectivity index (χ2n) is 3.40. The summed E-state index contributed by atoms with van der Waals surface area (Å²) >= 11 is 4.21. The quantitative estimate of drug-likeness (QED) is 0.731. The first kappa shape index (κ1) is 11.2. The zero-order chi connectivity index (χ0) is 10.6. The van der Waals surface area contributed by atoms with Crippen molar-refractivity contribution >= 4 is 18.3 Å².